The van der Waals surface area contributed by atoms with Crippen molar-refractivity contribution in [3.05, 3.63) is 41.5 Å². The van der Waals surface area contributed by atoms with Crippen LogP contribution in [0.2, 0.25) is 0 Å². The summed E-state index contributed by atoms with van der Waals surface area (Å²) >= 11 is 0. The summed E-state index contributed by atoms with van der Waals surface area (Å²) in [5.74, 6) is 2.25. The van der Waals surface area contributed by atoms with E-state index in [2.05, 4.69) is 17.4 Å². The number of hydrogen-bond donors (Lipinski definition) is 1. The number of aryl methyl sites for hydroxylation is 2. The highest BCUT2D eigenvalue weighted by molar-refractivity contribution is 5.93. The Hall–Kier alpha value is -2.89. The molecule has 0 bridgehead atoms. The van der Waals surface area contributed by atoms with E-state index >= 15 is 0 Å². The second-order valence-electron chi connectivity index (χ2n) is 6.50. The molecule has 6 heteroatoms. The molecule has 0 atom stereocenters. The average molecular weight is 387 g/mol. The van der Waals surface area contributed by atoms with Gasteiger partial charge in [-0.15, -0.1) is 0 Å². The number of rotatable bonds is 10. The largest absolute Gasteiger partial charge is 0.493 e. The SMILES string of the molecule is COc1ccc(NC(=O)CCCCOc2cc(C)ccc2C)c(OC)c1OC. The van der Waals surface area contributed by atoms with Gasteiger partial charge in [0, 0.05) is 6.42 Å². The van der Waals surface area contributed by atoms with Crippen molar-refractivity contribution >= 4 is 11.6 Å². The molecule has 0 saturated carbocycles. The van der Waals surface area contributed by atoms with Crippen LogP contribution in [0.25, 0.3) is 0 Å². The molecule has 0 aliphatic carbocycles. The van der Waals surface area contributed by atoms with Gasteiger partial charge < -0.3 is 24.3 Å². The summed E-state index contributed by atoms with van der Waals surface area (Å²) in [6.07, 6.45) is 1.92. The van der Waals surface area contributed by atoms with Crippen LogP contribution in [0.1, 0.15) is 30.4 Å². The van der Waals surface area contributed by atoms with Gasteiger partial charge in [-0.2, -0.15) is 0 Å². The maximum absolute atomic E-state index is 12.3. The summed E-state index contributed by atoms with van der Waals surface area (Å²) in [7, 11) is 4.61. The van der Waals surface area contributed by atoms with E-state index in [9.17, 15) is 4.79 Å². The Morgan fingerprint density at radius 1 is 0.893 bits per heavy atom. The predicted molar refractivity (Wildman–Crippen MR) is 110 cm³/mol. The van der Waals surface area contributed by atoms with Crippen LogP contribution in [0.15, 0.2) is 30.3 Å². The van der Waals surface area contributed by atoms with E-state index in [0.29, 0.717) is 36.0 Å². The summed E-state index contributed by atoms with van der Waals surface area (Å²) in [4.78, 5) is 12.3. The number of anilines is 1. The van der Waals surface area contributed by atoms with Crippen molar-refractivity contribution in [2.24, 2.45) is 0 Å². The maximum atomic E-state index is 12.3. The van der Waals surface area contributed by atoms with Gasteiger partial charge >= 0.3 is 0 Å². The Morgan fingerprint density at radius 3 is 2.32 bits per heavy atom. The van der Waals surface area contributed by atoms with Crippen LogP contribution >= 0.6 is 0 Å². The number of methoxy groups -OCH3 is 3. The van der Waals surface area contributed by atoms with Gasteiger partial charge in [-0.3, -0.25) is 4.79 Å². The lowest BCUT2D eigenvalue weighted by atomic mass is 10.1. The smallest absolute Gasteiger partial charge is 0.224 e. The first kappa shape index (κ1) is 21.4. The molecule has 1 N–H and O–H groups in total. The predicted octanol–water partition coefficient (Wildman–Crippen LogP) is 4.52. The monoisotopic (exact) mass is 387 g/mol. The van der Waals surface area contributed by atoms with Crippen molar-refractivity contribution in [2.45, 2.75) is 33.1 Å². The standard InChI is InChI=1S/C22H29NO5/c1-15-9-10-16(2)19(14-15)28-13-7-6-8-20(24)23-17-11-12-18(25-3)22(27-5)21(17)26-4/h9-12,14H,6-8,13H2,1-5H3,(H,23,24). The quantitative estimate of drug-likeness (QED) is 0.607. The molecule has 0 radical (unpaired) electrons. The molecular weight excluding hydrogens is 358 g/mol. The van der Waals surface area contributed by atoms with Gasteiger partial charge in [0.2, 0.25) is 11.7 Å². The first-order chi connectivity index (χ1) is 13.5. The zero-order valence-electron chi connectivity index (χ0n) is 17.3. The molecule has 0 saturated heterocycles. The number of benzene rings is 2. The van der Waals surface area contributed by atoms with Gasteiger partial charge in [-0.1, -0.05) is 12.1 Å². The summed E-state index contributed by atoms with van der Waals surface area (Å²) in [6.45, 7) is 4.65. The number of amides is 1. The fourth-order valence-corrected chi connectivity index (χ4v) is 2.84. The first-order valence-electron chi connectivity index (χ1n) is 9.29. The Labute approximate surface area is 166 Å². The maximum Gasteiger partial charge on any atom is 0.224 e. The molecule has 0 unspecified atom stereocenters. The van der Waals surface area contributed by atoms with E-state index in [1.165, 1.54) is 19.8 Å². The van der Waals surface area contributed by atoms with Crippen LogP contribution in [0.5, 0.6) is 23.0 Å². The Morgan fingerprint density at radius 2 is 1.64 bits per heavy atom. The molecule has 152 valence electrons. The second kappa shape index (κ2) is 10.4. The van der Waals surface area contributed by atoms with Gasteiger partial charge in [0.25, 0.3) is 0 Å². The minimum absolute atomic E-state index is 0.0859. The lowest BCUT2D eigenvalue weighted by Gasteiger charge is -2.16. The van der Waals surface area contributed by atoms with Crippen molar-refractivity contribution in [1.82, 2.24) is 0 Å². The highest BCUT2D eigenvalue weighted by Gasteiger charge is 2.17. The molecule has 1 amide bonds. The minimum atomic E-state index is -0.0859. The number of unbranched alkanes of at least 4 members (excludes halogenated alkanes) is 1. The molecule has 0 heterocycles. The van der Waals surface area contributed by atoms with Crippen molar-refractivity contribution in [2.75, 3.05) is 33.3 Å². The number of ether oxygens (including phenoxy) is 4. The molecular formula is C22H29NO5. The molecule has 2 rings (SSSR count). The van der Waals surface area contributed by atoms with E-state index in [1.54, 1.807) is 19.2 Å². The molecule has 6 nitrogen and oxygen atoms in total. The van der Waals surface area contributed by atoms with Gasteiger partial charge in [-0.25, -0.2) is 0 Å². The Kier molecular flexibility index (Phi) is 7.99. The Balaban J connectivity index is 1.83. The first-order valence-corrected chi connectivity index (χ1v) is 9.29. The molecule has 0 spiro atoms. The normalized spacial score (nSPS) is 10.3. The summed E-state index contributed by atoms with van der Waals surface area (Å²) in [5.41, 5.74) is 2.84. The van der Waals surface area contributed by atoms with Gasteiger partial charge in [-0.05, 0) is 56.0 Å². The van der Waals surface area contributed by atoms with Crippen LogP contribution in [0.3, 0.4) is 0 Å². The number of carbonyl (C=O) groups is 1. The van der Waals surface area contributed by atoms with Gasteiger partial charge in [0.15, 0.2) is 11.5 Å². The molecule has 0 aliphatic rings. The van der Waals surface area contributed by atoms with E-state index in [1.807, 2.05) is 19.9 Å². The van der Waals surface area contributed by atoms with Crippen molar-refractivity contribution in [3.63, 3.8) is 0 Å². The van der Waals surface area contributed by atoms with Crippen LogP contribution in [0.4, 0.5) is 5.69 Å². The van der Waals surface area contributed by atoms with E-state index < -0.39 is 0 Å². The molecule has 0 aliphatic heterocycles. The fourth-order valence-electron chi connectivity index (χ4n) is 2.84. The summed E-state index contributed by atoms with van der Waals surface area (Å²) in [6, 6.07) is 9.62. The third-order valence-corrected chi connectivity index (χ3v) is 4.38. The van der Waals surface area contributed by atoms with Gasteiger partial charge in [0.1, 0.15) is 5.75 Å². The van der Waals surface area contributed by atoms with Crippen molar-refractivity contribution in [1.29, 1.82) is 0 Å². The summed E-state index contributed by atoms with van der Waals surface area (Å²) < 4.78 is 21.8. The number of carbonyl (C=O) groups excluding carboxylic acids is 1. The number of nitrogens with one attached hydrogen (secondary N) is 1. The Bertz CT molecular complexity index is 804. The summed E-state index contributed by atoms with van der Waals surface area (Å²) in [5, 5.41) is 2.87. The average Bonchev–Trinajstić information content (AvgIpc) is 2.69. The lowest BCUT2D eigenvalue weighted by Crippen LogP contribution is -2.13. The van der Waals surface area contributed by atoms with Crippen LogP contribution in [-0.2, 0) is 4.79 Å². The number of hydrogen-bond acceptors (Lipinski definition) is 5. The lowest BCUT2D eigenvalue weighted by molar-refractivity contribution is -0.116. The van der Waals surface area contributed by atoms with Crippen LogP contribution in [0, 0.1) is 13.8 Å². The fraction of sp³-hybridized carbons (Fsp3) is 0.409. The highest BCUT2D eigenvalue weighted by atomic mass is 16.5. The molecule has 28 heavy (non-hydrogen) atoms. The highest BCUT2D eigenvalue weighted by Crippen LogP contribution is 2.42. The second-order valence-corrected chi connectivity index (χ2v) is 6.50. The van der Waals surface area contributed by atoms with E-state index in [-0.39, 0.29) is 5.91 Å². The van der Waals surface area contributed by atoms with Crippen LogP contribution in [-0.4, -0.2) is 33.8 Å². The van der Waals surface area contributed by atoms with Crippen molar-refractivity contribution < 1.29 is 23.7 Å². The van der Waals surface area contributed by atoms with E-state index in [4.69, 9.17) is 18.9 Å². The zero-order chi connectivity index (χ0) is 20.5. The van der Waals surface area contributed by atoms with Crippen LogP contribution < -0.4 is 24.3 Å². The topological polar surface area (TPSA) is 66.0 Å². The van der Waals surface area contributed by atoms with Crippen molar-refractivity contribution in [3.8, 4) is 23.0 Å². The molecule has 2 aromatic carbocycles. The zero-order valence-corrected chi connectivity index (χ0v) is 17.3. The molecule has 2 aromatic rings. The van der Waals surface area contributed by atoms with Gasteiger partial charge in [0.05, 0.1) is 33.6 Å². The third kappa shape index (κ3) is 5.55. The minimum Gasteiger partial charge on any atom is -0.493 e. The van der Waals surface area contributed by atoms with E-state index in [0.717, 1.165) is 24.2 Å². The molecule has 0 fully saturated rings. The third-order valence-electron chi connectivity index (χ3n) is 4.38. The molecule has 0 aromatic heterocycles.